The largest absolute Gasteiger partial charge is 0.352 e. The lowest BCUT2D eigenvalue weighted by atomic mass is 10.1. The van der Waals surface area contributed by atoms with Crippen molar-refractivity contribution in [2.75, 3.05) is 19.6 Å². The minimum atomic E-state index is -0.0833. The van der Waals surface area contributed by atoms with Gasteiger partial charge in [-0.1, -0.05) is 23.8 Å². The summed E-state index contributed by atoms with van der Waals surface area (Å²) in [6.07, 6.45) is 3.40. The number of rotatable bonds is 5. The number of hydrogen-bond donors (Lipinski definition) is 2. The molecule has 2 heterocycles. The lowest BCUT2D eigenvalue weighted by molar-refractivity contribution is -0.121. The van der Waals surface area contributed by atoms with Crippen molar-refractivity contribution in [2.24, 2.45) is 7.05 Å². The summed E-state index contributed by atoms with van der Waals surface area (Å²) in [6.45, 7) is 2.83. The average molecular weight is 314 g/mol. The van der Waals surface area contributed by atoms with Gasteiger partial charge in [0.15, 0.2) is 0 Å². The van der Waals surface area contributed by atoms with E-state index in [2.05, 4.69) is 16.7 Å². The van der Waals surface area contributed by atoms with Crippen molar-refractivity contribution in [3.8, 4) is 0 Å². The third-order valence-corrected chi connectivity index (χ3v) is 4.28. The Morgan fingerprint density at radius 2 is 2.09 bits per heavy atom. The number of amides is 1. The minimum absolute atomic E-state index is 0.0238. The lowest BCUT2D eigenvalue weighted by Gasteiger charge is -2.14. The van der Waals surface area contributed by atoms with Crippen LogP contribution in [-0.4, -0.2) is 34.7 Å². The first-order valence-electron chi connectivity index (χ1n) is 7.96. The van der Waals surface area contributed by atoms with E-state index in [0.717, 1.165) is 30.5 Å². The molecule has 122 valence electrons. The Morgan fingerprint density at radius 3 is 2.83 bits per heavy atom. The first-order chi connectivity index (χ1) is 11.2. The normalized spacial score (nSPS) is 14.7. The van der Waals surface area contributed by atoms with E-state index in [1.165, 1.54) is 5.57 Å². The second kappa shape index (κ2) is 6.83. The van der Waals surface area contributed by atoms with Gasteiger partial charge in [0, 0.05) is 33.1 Å². The lowest BCUT2D eigenvalue weighted by Crippen LogP contribution is -2.31. The summed E-state index contributed by atoms with van der Waals surface area (Å²) < 4.78 is 3.28. The van der Waals surface area contributed by atoms with Crippen LogP contribution in [0.1, 0.15) is 12.8 Å². The molecule has 0 unspecified atom stereocenters. The number of aryl methyl sites for hydroxylation is 2. The molecule has 6 heteroatoms. The van der Waals surface area contributed by atoms with Gasteiger partial charge in [-0.25, -0.2) is 4.79 Å². The molecule has 6 nitrogen and oxygen atoms in total. The van der Waals surface area contributed by atoms with Gasteiger partial charge in [-0.15, -0.1) is 0 Å². The van der Waals surface area contributed by atoms with Gasteiger partial charge in [-0.05, 0) is 25.1 Å². The highest BCUT2D eigenvalue weighted by molar-refractivity contribution is 5.78. The Hall–Kier alpha value is -2.34. The molecule has 1 aromatic heterocycles. The number of benzene rings is 1. The van der Waals surface area contributed by atoms with Gasteiger partial charge < -0.3 is 10.6 Å². The van der Waals surface area contributed by atoms with Crippen LogP contribution >= 0.6 is 0 Å². The van der Waals surface area contributed by atoms with Crippen LogP contribution in [0.2, 0.25) is 0 Å². The molecule has 1 aliphatic heterocycles. The van der Waals surface area contributed by atoms with Crippen molar-refractivity contribution in [3.63, 3.8) is 0 Å². The molecule has 0 spiro atoms. The number of imidazole rings is 1. The van der Waals surface area contributed by atoms with Crippen molar-refractivity contribution in [1.29, 1.82) is 0 Å². The maximum Gasteiger partial charge on any atom is 0.328 e. The molecular formula is C17H22N4O2. The number of carbonyl (C=O) groups is 1. The van der Waals surface area contributed by atoms with Crippen molar-refractivity contribution < 1.29 is 4.79 Å². The smallest absolute Gasteiger partial charge is 0.328 e. The predicted octanol–water partition coefficient (Wildman–Crippen LogP) is 0.766. The van der Waals surface area contributed by atoms with E-state index in [1.807, 2.05) is 24.3 Å². The molecule has 0 bridgehead atoms. The fraction of sp³-hybridized carbons (Fsp3) is 0.412. The first kappa shape index (κ1) is 15.6. The van der Waals surface area contributed by atoms with Gasteiger partial charge in [-0.2, -0.15) is 0 Å². The van der Waals surface area contributed by atoms with Gasteiger partial charge in [0.05, 0.1) is 11.0 Å². The van der Waals surface area contributed by atoms with Crippen LogP contribution in [0.25, 0.3) is 11.0 Å². The van der Waals surface area contributed by atoms with Crippen LogP contribution in [0, 0.1) is 0 Å². The summed E-state index contributed by atoms with van der Waals surface area (Å²) in [7, 11) is 1.75. The van der Waals surface area contributed by atoms with E-state index in [1.54, 1.807) is 16.2 Å². The zero-order valence-electron chi connectivity index (χ0n) is 13.3. The first-order valence-corrected chi connectivity index (χ1v) is 7.96. The van der Waals surface area contributed by atoms with E-state index in [9.17, 15) is 9.59 Å². The fourth-order valence-corrected chi connectivity index (χ4v) is 2.92. The van der Waals surface area contributed by atoms with Gasteiger partial charge >= 0.3 is 5.69 Å². The number of nitrogens with zero attached hydrogens (tertiary/aromatic N) is 2. The third kappa shape index (κ3) is 3.37. The van der Waals surface area contributed by atoms with E-state index in [0.29, 0.717) is 19.5 Å². The molecule has 1 amide bonds. The van der Waals surface area contributed by atoms with Crippen molar-refractivity contribution in [1.82, 2.24) is 19.8 Å². The Balaban J connectivity index is 1.62. The van der Waals surface area contributed by atoms with Crippen LogP contribution in [-0.2, 0) is 18.4 Å². The summed E-state index contributed by atoms with van der Waals surface area (Å²) in [5.41, 5.74) is 2.94. The maximum atomic E-state index is 12.3. The Morgan fingerprint density at radius 1 is 1.30 bits per heavy atom. The molecule has 1 aliphatic rings. The molecule has 0 saturated carbocycles. The summed E-state index contributed by atoms with van der Waals surface area (Å²) in [6, 6.07) is 7.64. The average Bonchev–Trinajstić information content (AvgIpc) is 2.83. The van der Waals surface area contributed by atoms with Crippen molar-refractivity contribution in [3.05, 3.63) is 46.4 Å². The van der Waals surface area contributed by atoms with Crippen LogP contribution in [0.5, 0.6) is 0 Å². The second-order valence-corrected chi connectivity index (χ2v) is 5.83. The zero-order chi connectivity index (χ0) is 16.2. The second-order valence-electron chi connectivity index (χ2n) is 5.83. The fourth-order valence-electron chi connectivity index (χ4n) is 2.92. The predicted molar refractivity (Wildman–Crippen MR) is 90.4 cm³/mol. The Labute approximate surface area is 134 Å². The van der Waals surface area contributed by atoms with Crippen LogP contribution in [0.4, 0.5) is 0 Å². The Bertz CT molecular complexity index is 801. The summed E-state index contributed by atoms with van der Waals surface area (Å²) >= 11 is 0. The minimum Gasteiger partial charge on any atom is -0.352 e. The van der Waals surface area contributed by atoms with Crippen LogP contribution in [0.15, 0.2) is 40.7 Å². The number of hydrogen-bond acceptors (Lipinski definition) is 3. The van der Waals surface area contributed by atoms with E-state index in [-0.39, 0.29) is 11.6 Å². The molecule has 3 rings (SSSR count). The number of para-hydroxylation sites is 2. The monoisotopic (exact) mass is 314 g/mol. The summed E-state index contributed by atoms with van der Waals surface area (Å²) in [4.78, 5) is 24.3. The molecule has 2 N–H and O–H groups in total. The standard InChI is InChI=1S/C17H22N4O2/c1-20-14-4-2-3-5-15(14)21(17(20)23)11-8-16(22)19-12-13-6-9-18-10-7-13/h2-6,18H,7-12H2,1H3,(H,19,22). The molecule has 0 radical (unpaired) electrons. The summed E-state index contributed by atoms with van der Waals surface area (Å²) in [5.74, 6) is -0.0238. The number of nitrogens with one attached hydrogen (secondary N) is 2. The topological polar surface area (TPSA) is 68.1 Å². The van der Waals surface area contributed by atoms with Gasteiger partial charge in [0.1, 0.15) is 0 Å². The molecule has 2 aromatic rings. The molecule has 1 aromatic carbocycles. The molecule has 0 saturated heterocycles. The molecule has 23 heavy (non-hydrogen) atoms. The van der Waals surface area contributed by atoms with Gasteiger partial charge in [0.2, 0.25) is 5.91 Å². The Kier molecular flexibility index (Phi) is 4.62. The van der Waals surface area contributed by atoms with Gasteiger partial charge in [-0.3, -0.25) is 13.9 Å². The molecule has 0 atom stereocenters. The van der Waals surface area contributed by atoms with Crippen molar-refractivity contribution >= 4 is 16.9 Å². The van der Waals surface area contributed by atoms with Gasteiger partial charge in [0.25, 0.3) is 0 Å². The van der Waals surface area contributed by atoms with E-state index >= 15 is 0 Å². The zero-order valence-corrected chi connectivity index (χ0v) is 13.3. The van der Waals surface area contributed by atoms with E-state index < -0.39 is 0 Å². The maximum absolute atomic E-state index is 12.3. The van der Waals surface area contributed by atoms with Crippen molar-refractivity contribution in [2.45, 2.75) is 19.4 Å². The third-order valence-electron chi connectivity index (χ3n) is 4.28. The molecule has 0 fully saturated rings. The SMILES string of the molecule is Cn1c(=O)n(CCC(=O)NCC2=CCNCC2)c2ccccc21. The molecular weight excluding hydrogens is 292 g/mol. The van der Waals surface area contributed by atoms with Crippen LogP contribution < -0.4 is 16.3 Å². The molecule has 0 aliphatic carbocycles. The number of aromatic nitrogens is 2. The number of fused-ring (bicyclic) bond motifs is 1. The van der Waals surface area contributed by atoms with E-state index in [4.69, 9.17) is 0 Å². The highest BCUT2D eigenvalue weighted by Crippen LogP contribution is 2.11. The quantitative estimate of drug-likeness (QED) is 0.801. The summed E-state index contributed by atoms with van der Waals surface area (Å²) in [5, 5.41) is 6.18. The van der Waals surface area contributed by atoms with Crippen LogP contribution in [0.3, 0.4) is 0 Å². The highest BCUT2D eigenvalue weighted by atomic mass is 16.2. The number of carbonyl (C=O) groups excluding carboxylic acids is 1. The highest BCUT2D eigenvalue weighted by Gasteiger charge is 2.11.